The molecule has 1 fully saturated rings. The van der Waals surface area contributed by atoms with Crippen LogP contribution in [0.4, 0.5) is 17.1 Å². The molecule has 1 amide bonds. The van der Waals surface area contributed by atoms with E-state index in [1.54, 1.807) is 0 Å². The average Bonchev–Trinajstić information content (AvgIpc) is 2.71. The van der Waals surface area contributed by atoms with Crippen LogP contribution >= 0.6 is 0 Å². The van der Waals surface area contributed by atoms with Crippen LogP contribution in [0.25, 0.3) is 0 Å². The van der Waals surface area contributed by atoms with E-state index in [2.05, 4.69) is 15.5 Å². The van der Waals surface area contributed by atoms with Gasteiger partial charge in [-0.15, -0.1) is 0 Å². The Bertz CT molecular complexity index is 728. The molecule has 2 aromatic rings. The molecule has 1 saturated heterocycles. The van der Waals surface area contributed by atoms with Gasteiger partial charge in [-0.1, -0.05) is 12.1 Å². The van der Waals surface area contributed by atoms with Gasteiger partial charge in [0.05, 0.1) is 31.2 Å². The third kappa shape index (κ3) is 5.62. The van der Waals surface area contributed by atoms with Crippen LogP contribution in [-0.2, 0) is 9.53 Å². The van der Waals surface area contributed by atoms with Crippen LogP contribution in [0.3, 0.4) is 0 Å². The molecule has 0 aliphatic carbocycles. The summed E-state index contributed by atoms with van der Waals surface area (Å²) in [6, 6.07) is 15.7. The van der Waals surface area contributed by atoms with Gasteiger partial charge in [-0.25, -0.2) is 0 Å². The molecule has 0 bridgehead atoms. The first-order valence-corrected chi connectivity index (χ1v) is 9.44. The Balaban J connectivity index is 1.49. The number of nitrogens with zero attached hydrogens (tertiary/aromatic N) is 1. The standard InChI is InChI=1S/C21H27N3O3/c1-2-27-18-9-7-17(8-10-18)22-12-11-21(25)23-19-5-3-4-6-20(19)24-13-15-26-16-14-24/h3-10,22H,2,11-16H2,1H3,(H,23,25). The van der Waals surface area contributed by atoms with Crippen molar-refractivity contribution in [2.45, 2.75) is 13.3 Å². The van der Waals surface area contributed by atoms with Gasteiger partial charge in [0, 0.05) is 31.7 Å². The summed E-state index contributed by atoms with van der Waals surface area (Å²) < 4.78 is 10.8. The number of anilines is 3. The number of benzene rings is 2. The fraction of sp³-hybridized carbons (Fsp3) is 0.381. The van der Waals surface area contributed by atoms with Gasteiger partial charge in [-0.2, -0.15) is 0 Å². The molecule has 0 saturated carbocycles. The molecule has 0 aromatic heterocycles. The smallest absolute Gasteiger partial charge is 0.226 e. The average molecular weight is 369 g/mol. The molecule has 27 heavy (non-hydrogen) atoms. The Morgan fingerprint density at radius 1 is 1.11 bits per heavy atom. The van der Waals surface area contributed by atoms with Gasteiger partial charge in [-0.05, 0) is 43.3 Å². The van der Waals surface area contributed by atoms with Crippen LogP contribution in [0.15, 0.2) is 48.5 Å². The lowest BCUT2D eigenvalue weighted by Crippen LogP contribution is -2.36. The third-order valence-electron chi connectivity index (χ3n) is 4.38. The van der Waals surface area contributed by atoms with Crippen molar-refractivity contribution in [2.75, 3.05) is 55.0 Å². The lowest BCUT2D eigenvalue weighted by molar-refractivity contribution is -0.115. The zero-order valence-corrected chi connectivity index (χ0v) is 15.7. The number of hydrogen-bond acceptors (Lipinski definition) is 5. The zero-order valence-electron chi connectivity index (χ0n) is 15.7. The van der Waals surface area contributed by atoms with E-state index in [4.69, 9.17) is 9.47 Å². The molecule has 6 nitrogen and oxygen atoms in total. The van der Waals surface area contributed by atoms with E-state index in [0.29, 0.717) is 32.8 Å². The molecule has 0 spiro atoms. The normalized spacial score (nSPS) is 13.9. The van der Waals surface area contributed by atoms with Crippen molar-refractivity contribution >= 4 is 23.0 Å². The van der Waals surface area contributed by atoms with Gasteiger partial charge in [0.2, 0.25) is 5.91 Å². The Morgan fingerprint density at radius 2 is 1.85 bits per heavy atom. The monoisotopic (exact) mass is 369 g/mol. The fourth-order valence-electron chi connectivity index (χ4n) is 3.03. The van der Waals surface area contributed by atoms with Gasteiger partial charge < -0.3 is 25.0 Å². The van der Waals surface area contributed by atoms with Crippen molar-refractivity contribution in [1.29, 1.82) is 0 Å². The van der Waals surface area contributed by atoms with Crippen LogP contribution < -0.4 is 20.3 Å². The molecule has 2 N–H and O–H groups in total. The van der Waals surface area contributed by atoms with E-state index < -0.39 is 0 Å². The Hall–Kier alpha value is -2.73. The quantitative estimate of drug-likeness (QED) is 0.747. The van der Waals surface area contributed by atoms with Gasteiger partial charge in [0.1, 0.15) is 5.75 Å². The van der Waals surface area contributed by atoms with E-state index in [1.165, 1.54) is 0 Å². The molecule has 3 rings (SSSR count). The summed E-state index contributed by atoms with van der Waals surface area (Å²) in [6.45, 7) is 6.29. The number of ether oxygens (including phenoxy) is 2. The van der Waals surface area contributed by atoms with Gasteiger partial charge in [-0.3, -0.25) is 4.79 Å². The van der Waals surface area contributed by atoms with Crippen LogP contribution in [-0.4, -0.2) is 45.4 Å². The first-order valence-electron chi connectivity index (χ1n) is 9.44. The Kier molecular flexibility index (Phi) is 6.93. The highest BCUT2D eigenvalue weighted by Gasteiger charge is 2.15. The predicted molar refractivity (Wildman–Crippen MR) is 109 cm³/mol. The van der Waals surface area contributed by atoms with Crippen LogP contribution in [0.1, 0.15) is 13.3 Å². The predicted octanol–water partition coefficient (Wildman–Crippen LogP) is 3.36. The van der Waals surface area contributed by atoms with Crippen LogP contribution in [0, 0.1) is 0 Å². The summed E-state index contributed by atoms with van der Waals surface area (Å²) in [5.41, 5.74) is 2.87. The van der Waals surface area contributed by atoms with Crippen molar-refractivity contribution in [3.05, 3.63) is 48.5 Å². The first-order chi connectivity index (χ1) is 13.3. The highest BCUT2D eigenvalue weighted by molar-refractivity contribution is 5.94. The maximum absolute atomic E-state index is 12.4. The summed E-state index contributed by atoms with van der Waals surface area (Å²) in [7, 11) is 0. The summed E-state index contributed by atoms with van der Waals surface area (Å²) in [6.07, 6.45) is 0.394. The summed E-state index contributed by atoms with van der Waals surface area (Å²) in [5, 5.41) is 6.30. The maximum atomic E-state index is 12.4. The topological polar surface area (TPSA) is 62.8 Å². The molecule has 2 aromatic carbocycles. The van der Waals surface area contributed by atoms with Gasteiger partial charge in [0.25, 0.3) is 0 Å². The van der Waals surface area contributed by atoms with E-state index in [0.717, 1.165) is 35.9 Å². The number of amides is 1. The SMILES string of the molecule is CCOc1ccc(NCCC(=O)Nc2ccccc2N2CCOCC2)cc1. The highest BCUT2D eigenvalue weighted by atomic mass is 16.5. The molecule has 0 atom stereocenters. The molecule has 1 aliphatic heterocycles. The molecule has 0 radical (unpaired) electrons. The van der Waals surface area contributed by atoms with E-state index >= 15 is 0 Å². The number of carbonyl (C=O) groups is 1. The van der Waals surface area contributed by atoms with Crippen LogP contribution in [0.2, 0.25) is 0 Å². The third-order valence-corrected chi connectivity index (χ3v) is 4.38. The van der Waals surface area contributed by atoms with Crippen molar-refractivity contribution in [3.8, 4) is 5.75 Å². The van der Waals surface area contributed by atoms with Crippen LogP contribution in [0.5, 0.6) is 5.75 Å². The largest absolute Gasteiger partial charge is 0.494 e. The number of morpholine rings is 1. The first kappa shape index (κ1) is 19.0. The van der Waals surface area contributed by atoms with Gasteiger partial charge >= 0.3 is 0 Å². The lowest BCUT2D eigenvalue weighted by atomic mass is 10.2. The minimum absolute atomic E-state index is 0.00542. The number of carbonyl (C=O) groups excluding carboxylic acids is 1. The molecule has 1 aliphatic rings. The molecule has 1 heterocycles. The zero-order chi connectivity index (χ0) is 18.9. The number of rotatable bonds is 8. The lowest BCUT2D eigenvalue weighted by Gasteiger charge is -2.30. The second kappa shape index (κ2) is 9.83. The molecule has 6 heteroatoms. The van der Waals surface area contributed by atoms with Crippen molar-refractivity contribution < 1.29 is 14.3 Å². The molecule has 0 unspecified atom stereocenters. The van der Waals surface area contributed by atoms with E-state index in [1.807, 2.05) is 55.5 Å². The summed E-state index contributed by atoms with van der Waals surface area (Å²) >= 11 is 0. The second-order valence-electron chi connectivity index (χ2n) is 6.30. The Morgan fingerprint density at radius 3 is 2.59 bits per heavy atom. The van der Waals surface area contributed by atoms with Gasteiger partial charge in [0.15, 0.2) is 0 Å². The number of para-hydroxylation sites is 2. The van der Waals surface area contributed by atoms with Crippen molar-refractivity contribution in [2.24, 2.45) is 0 Å². The van der Waals surface area contributed by atoms with Crippen molar-refractivity contribution in [3.63, 3.8) is 0 Å². The summed E-state index contributed by atoms with van der Waals surface area (Å²) in [4.78, 5) is 14.6. The minimum Gasteiger partial charge on any atom is -0.494 e. The number of hydrogen-bond donors (Lipinski definition) is 2. The van der Waals surface area contributed by atoms with Crippen molar-refractivity contribution in [1.82, 2.24) is 0 Å². The summed E-state index contributed by atoms with van der Waals surface area (Å²) in [5.74, 6) is 0.842. The molecule has 144 valence electrons. The maximum Gasteiger partial charge on any atom is 0.226 e. The molecular formula is C21H27N3O3. The highest BCUT2D eigenvalue weighted by Crippen LogP contribution is 2.26. The molecular weight excluding hydrogens is 342 g/mol. The Labute approximate surface area is 160 Å². The van der Waals surface area contributed by atoms with E-state index in [-0.39, 0.29) is 5.91 Å². The van der Waals surface area contributed by atoms with E-state index in [9.17, 15) is 4.79 Å². The second-order valence-corrected chi connectivity index (χ2v) is 6.30. The number of nitrogens with one attached hydrogen (secondary N) is 2. The minimum atomic E-state index is -0.00542. The fourth-order valence-corrected chi connectivity index (χ4v) is 3.03.